The zero-order chi connectivity index (χ0) is 17.0. The first-order valence-electron chi connectivity index (χ1n) is 7.60. The highest BCUT2D eigenvalue weighted by molar-refractivity contribution is 7.89. The molecule has 0 aliphatic heterocycles. The van der Waals surface area contributed by atoms with Crippen LogP contribution in [0.25, 0.3) is 0 Å². The maximum Gasteiger partial charge on any atom is 0.257 e. The lowest BCUT2D eigenvalue weighted by Crippen LogP contribution is -2.34. The molecule has 0 spiro atoms. The Morgan fingerprint density at radius 2 is 1.87 bits per heavy atom. The summed E-state index contributed by atoms with van der Waals surface area (Å²) in [4.78, 5) is 6.89. The average Bonchev–Trinajstić information content (AvgIpc) is 2.98. The number of hydrogen-bond donors (Lipinski definition) is 3. The number of H-pyrrole nitrogens is 1. The molecular formula is C16H23N3O3S. The fraction of sp³-hybridized carbons (Fsp3) is 0.438. The smallest absolute Gasteiger partial charge is 0.257 e. The molecule has 6 nitrogen and oxygen atoms in total. The summed E-state index contributed by atoms with van der Waals surface area (Å²) in [6.45, 7) is 5.59. The summed E-state index contributed by atoms with van der Waals surface area (Å²) in [7, 11) is -3.68. The number of aliphatic hydroxyl groups excluding tert-OH is 1. The van der Waals surface area contributed by atoms with Gasteiger partial charge in [0.25, 0.3) is 10.0 Å². The lowest BCUT2D eigenvalue weighted by atomic mass is 10.0. The Kier molecular flexibility index (Phi) is 5.56. The molecule has 0 bridgehead atoms. The molecule has 3 N–H and O–H groups in total. The van der Waals surface area contributed by atoms with E-state index in [1.54, 1.807) is 6.92 Å². The largest absolute Gasteiger partial charge is 0.388 e. The van der Waals surface area contributed by atoms with Crippen LogP contribution < -0.4 is 4.72 Å². The van der Waals surface area contributed by atoms with E-state index in [1.807, 2.05) is 44.2 Å². The molecule has 1 aromatic carbocycles. The van der Waals surface area contributed by atoms with Crippen molar-refractivity contribution >= 4 is 10.0 Å². The summed E-state index contributed by atoms with van der Waals surface area (Å²) in [6, 6.07) is 8.76. The van der Waals surface area contributed by atoms with Crippen molar-refractivity contribution in [3.63, 3.8) is 0 Å². The van der Waals surface area contributed by atoms with E-state index in [-0.39, 0.29) is 17.4 Å². The second-order valence-electron chi connectivity index (χ2n) is 5.97. The highest BCUT2D eigenvalue weighted by Gasteiger charge is 2.22. The van der Waals surface area contributed by atoms with E-state index in [2.05, 4.69) is 14.7 Å². The van der Waals surface area contributed by atoms with Gasteiger partial charge in [0.15, 0.2) is 5.03 Å². The summed E-state index contributed by atoms with van der Waals surface area (Å²) >= 11 is 0. The Morgan fingerprint density at radius 1 is 1.22 bits per heavy atom. The van der Waals surface area contributed by atoms with Crippen LogP contribution >= 0.6 is 0 Å². The maximum absolute atomic E-state index is 12.3. The van der Waals surface area contributed by atoms with Crippen LogP contribution in [0.5, 0.6) is 0 Å². The van der Waals surface area contributed by atoms with E-state index >= 15 is 0 Å². The molecule has 1 aromatic heterocycles. The molecule has 0 fully saturated rings. The molecule has 2 rings (SSSR count). The van der Waals surface area contributed by atoms with E-state index in [4.69, 9.17) is 0 Å². The second kappa shape index (κ2) is 7.25. The summed E-state index contributed by atoms with van der Waals surface area (Å²) in [5.41, 5.74) is 0.766. The number of aliphatic hydroxyl groups is 1. The normalized spacial score (nSPS) is 14.8. The number of nitrogens with one attached hydrogen (secondary N) is 2. The van der Waals surface area contributed by atoms with Crippen LogP contribution in [0.3, 0.4) is 0 Å². The van der Waals surface area contributed by atoms with Crippen molar-refractivity contribution in [3.05, 3.63) is 47.9 Å². The van der Waals surface area contributed by atoms with Gasteiger partial charge in [-0.1, -0.05) is 44.2 Å². The van der Waals surface area contributed by atoms with Crippen molar-refractivity contribution < 1.29 is 13.5 Å². The fourth-order valence-electron chi connectivity index (χ4n) is 2.27. The molecule has 0 saturated heterocycles. The van der Waals surface area contributed by atoms with Crippen LogP contribution in [0.1, 0.15) is 50.6 Å². The van der Waals surface area contributed by atoms with Gasteiger partial charge in [0.1, 0.15) is 5.82 Å². The molecule has 2 aromatic rings. The number of benzene rings is 1. The molecule has 2 unspecified atom stereocenters. The molecule has 0 aliphatic carbocycles. The predicted molar refractivity (Wildman–Crippen MR) is 88.5 cm³/mol. The molecule has 0 aliphatic rings. The van der Waals surface area contributed by atoms with Crippen LogP contribution in [-0.2, 0) is 10.0 Å². The number of imidazole rings is 1. The van der Waals surface area contributed by atoms with Crippen molar-refractivity contribution in [2.45, 2.75) is 50.3 Å². The number of rotatable bonds is 7. The number of aromatic amines is 1. The topological polar surface area (TPSA) is 95.1 Å². The van der Waals surface area contributed by atoms with Gasteiger partial charge in [-0.2, -0.15) is 0 Å². The average molecular weight is 337 g/mol. The number of hydrogen-bond acceptors (Lipinski definition) is 4. The highest BCUT2D eigenvalue weighted by atomic mass is 32.2. The zero-order valence-electron chi connectivity index (χ0n) is 13.5. The van der Waals surface area contributed by atoms with Gasteiger partial charge in [-0.3, -0.25) is 0 Å². The molecule has 2 atom stereocenters. The first-order valence-corrected chi connectivity index (χ1v) is 9.08. The Morgan fingerprint density at radius 3 is 2.43 bits per heavy atom. The fourth-order valence-corrected chi connectivity index (χ4v) is 3.45. The van der Waals surface area contributed by atoms with Crippen LogP contribution in [0, 0.1) is 0 Å². The highest BCUT2D eigenvalue weighted by Crippen LogP contribution is 2.19. The Hall–Kier alpha value is -1.70. The third-order valence-electron chi connectivity index (χ3n) is 3.53. The van der Waals surface area contributed by atoms with E-state index in [9.17, 15) is 13.5 Å². The number of aromatic nitrogens is 2. The van der Waals surface area contributed by atoms with Gasteiger partial charge in [0.2, 0.25) is 0 Å². The van der Waals surface area contributed by atoms with Gasteiger partial charge in [0.05, 0.1) is 12.3 Å². The van der Waals surface area contributed by atoms with Crippen molar-refractivity contribution in [2.24, 2.45) is 0 Å². The van der Waals surface area contributed by atoms with Crippen molar-refractivity contribution in [2.75, 3.05) is 0 Å². The lowest BCUT2D eigenvalue weighted by molar-refractivity contribution is 0.158. The van der Waals surface area contributed by atoms with Crippen molar-refractivity contribution in [3.8, 4) is 0 Å². The minimum atomic E-state index is -3.68. The van der Waals surface area contributed by atoms with Crippen LogP contribution in [-0.4, -0.2) is 29.5 Å². The summed E-state index contributed by atoms with van der Waals surface area (Å²) in [6.07, 6.45) is 0.883. The maximum atomic E-state index is 12.3. The molecule has 7 heteroatoms. The molecular weight excluding hydrogens is 314 g/mol. The lowest BCUT2D eigenvalue weighted by Gasteiger charge is -2.17. The van der Waals surface area contributed by atoms with Gasteiger partial charge >= 0.3 is 0 Å². The van der Waals surface area contributed by atoms with Crippen LogP contribution in [0.2, 0.25) is 0 Å². The quantitative estimate of drug-likeness (QED) is 0.722. The van der Waals surface area contributed by atoms with Gasteiger partial charge in [0, 0.05) is 12.0 Å². The van der Waals surface area contributed by atoms with Gasteiger partial charge < -0.3 is 10.1 Å². The van der Waals surface area contributed by atoms with Gasteiger partial charge in [-0.05, 0) is 18.9 Å². The number of nitrogens with zero attached hydrogens (tertiary/aromatic N) is 1. The monoisotopic (exact) mass is 337 g/mol. The van der Waals surface area contributed by atoms with Gasteiger partial charge in [-0.15, -0.1) is 0 Å². The predicted octanol–water partition coefficient (Wildman–Crippen LogP) is 2.32. The summed E-state index contributed by atoms with van der Waals surface area (Å²) < 4.78 is 27.2. The molecule has 0 amide bonds. The number of sulfonamides is 1. The molecule has 126 valence electrons. The molecule has 0 radical (unpaired) electrons. The van der Waals surface area contributed by atoms with E-state index in [0.29, 0.717) is 5.82 Å². The summed E-state index contributed by atoms with van der Waals surface area (Å²) in [5, 5.41) is 10.2. The standard InChI is InChI=1S/C16H23N3O3S/c1-11(2)16-17-10-15(18-16)23(21,22)19-12(3)9-14(20)13-7-5-4-6-8-13/h4-8,10-12,14,19-20H,9H2,1-3H3,(H,17,18). The second-order valence-corrected chi connectivity index (χ2v) is 7.65. The van der Waals surface area contributed by atoms with E-state index < -0.39 is 22.2 Å². The Labute approximate surface area is 137 Å². The molecule has 1 heterocycles. The van der Waals surface area contributed by atoms with E-state index in [1.165, 1.54) is 6.20 Å². The van der Waals surface area contributed by atoms with E-state index in [0.717, 1.165) is 5.56 Å². The third-order valence-corrected chi connectivity index (χ3v) is 5.03. The zero-order valence-corrected chi connectivity index (χ0v) is 14.3. The minimum Gasteiger partial charge on any atom is -0.388 e. The van der Waals surface area contributed by atoms with Gasteiger partial charge in [-0.25, -0.2) is 18.1 Å². The Balaban J connectivity index is 2.02. The first-order chi connectivity index (χ1) is 10.8. The third kappa shape index (κ3) is 4.63. The first kappa shape index (κ1) is 17.7. The van der Waals surface area contributed by atoms with Crippen molar-refractivity contribution in [1.82, 2.24) is 14.7 Å². The Bertz CT molecular complexity index is 726. The molecule has 0 saturated carbocycles. The molecule has 23 heavy (non-hydrogen) atoms. The van der Waals surface area contributed by atoms with Crippen LogP contribution in [0.4, 0.5) is 0 Å². The summed E-state index contributed by atoms with van der Waals surface area (Å²) in [5.74, 6) is 0.749. The van der Waals surface area contributed by atoms with Crippen LogP contribution in [0.15, 0.2) is 41.6 Å². The SMILES string of the molecule is CC(CC(O)c1ccccc1)NS(=O)(=O)c1cnc(C(C)C)[nH]1. The minimum absolute atomic E-state index is 0.0438. The van der Waals surface area contributed by atoms with Crippen molar-refractivity contribution in [1.29, 1.82) is 0 Å².